The van der Waals surface area contributed by atoms with Gasteiger partial charge in [0.1, 0.15) is 5.82 Å². The maximum absolute atomic E-state index is 6.09. The van der Waals surface area contributed by atoms with Crippen molar-refractivity contribution in [3.63, 3.8) is 0 Å². The summed E-state index contributed by atoms with van der Waals surface area (Å²) in [6, 6.07) is 0.621. The Morgan fingerprint density at radius 2 is 2.00 bits per heavy atom. The minimum absolute atomic E-state index is 0. The number of likely N-dealkylation sites (N-methyl/N-ethyl adjacent to an activating group) is 1. The van der Waals surface area contributed by atoms with Gasteiger partial charge >= 0.3 is 0 Å². The Labute approximate surface area is 128 Å². The molecule has 0 unspecified atom stereocenters. The highest BCUT2D eigenvalue weighted by molar-refractivity contribution is 5.85. The van der Waals surface area contributed by atoms with E-state index in [-0.39, 0.29) is 17.9 Å². The van der Waals surface area contributed by atoms with Crippen LogP contribution in [0.15, 0.2) is 18.6 Å². The third kappa shape index (κ3) is 4.89. The van der Waals surface area contributed by atoms with Crippen LogP contribution in [-0.2, 0) is 0 Å². The van der Waals surface area contributed by atoms with Crippen LogP contribution in [0.4, 0.5) is 5.82 Å². The van der Waals surface area contributed by atoms with Crippen LogP contribution >= 0.6 is 12.4 Å². The number of piperidine rings is 1. The van der Waals surface area contributed by atoms with E-state index in [1.165, 1.54) is 0 Å². The predicted octanol–water partition coefficient (Wildman–Crippen LogP) is 1.54. The van der Waals surface area contributed by atoms with Gasteiger partial charge in [-0.25, -0.2) is 4.98 Å². The summed E-state index contributed by atoms with van der Waals surface area (Å²) >= 11 is 0. The van der Waals surface area contributed by atoms with E-state index in [4.69, 9.17) is 5.73 Å². The summed E-state index contributed by atoms with van der Waals surface area (Å²) in [4.78, 5) is 13.2. The summed E-state index contributed by atoms with van der Waals surface area (Å²) in [5, 5.41) is 0. The van der Waals surface area contributed by atoms with E-state index in [0.717, 1.165) is 38.3 Å². The van der Waals surface area contributed by atoms with E-state index in [9.17, 15) is 0 Å². The lowest BCUT2D eigenvalue weighted by Gasteiger charge is -2.39. The predicted molar refractivity (Wildman–Crippen MR) is 85.4 cm³/mol. The lowest BCUT2D eigenvalue weighted by atomic mass is 10.0. The smallest absolute Gasteiger partial charge is 0.147 e. The standard InChI is InChI=1S/C14H25N5.ClH/c1-14(2,15)11-18(3)12-4-8-19(9-5-12)13-10-16-6-7-17-13;/h6-7,10,12H,4-5,8-9,11,15H2,1-3H3;1H. The molecule has 0 aliphatic carbocycles. The van der Waals surface area contributed by atoms with Crippen molar-refractivity contribution in [1.82, 2.24) is 14.9 Å². The van der Waals surface area contributed by atoms with E-state index in [1.807, 2.05) is 6.20 Å². The van der Waals surface area contributed by atoms with Crippen LogP contribution < -0.4 is 10.6 Å². The summed E-state index contributed by atoms with van der Waals surface area (Å²) in [7, 11) is 2.18. The largest absolute Gasteiger partial charge is 0.355 e. The molecule has 1 aromatic heterocycles. The molecule has 5 nitrogen and oxygen atoms in total. The molecule has 0 atom stereocenters. The normalized spacial score (nSPS) is 17.1. The quantitative estimate of drug-likeness (QED) is 0.914. The maximum Gasteiger partial charge on any atom is 0.147 e. The van der Waals surface area contributed by atoms with Crippen molar-refractivity contribution in [1.29, 1.82) is 0 Å². The van der Waals surface area contributed by atoms with Crippen LogP contribution in [0.5, 0.6) is 0 Å². The number of anilines is 1. The molecule has 2 heterocycles. The van der Waals surface area contributed by atoms with E-state index in [1.54, 1.807) is 12.4 Å². The van der Waals surface area contributed by atoms with Crippen LogP contribution in [0.3, 0.4) is 0 Å². The first-order chi connectivity index (χ1) is 8.96. The fourth-order valence-electron chi connectivity index (χ4n) is 2.76. The van der Waals surface area contributed by atoms with Crippen LogP contribution in [0.2, 0.25) is 0 Å². The van der Waals surface area contributed by atoms with Crippen molar-refractivity contribution in [2.24, 2.45) is 5.73 Å². The van der Waals surface area contributed by atoms with Crippen molar-refractivity contribution < 1.29 is 0 Å². The van der Waals surface area contributed by atoms with Crippen molar-refractivity contribution in [3.8, 4) is 0 Å². The van der Waals surface area contributed by atoms with Gasteiger partial charge in [0.05, 0.1) is 6.20 Å². The number of rotatable bonds is 4. The Bertz CT molecular complexity index is 384. The topological polar surface area (TPSA) is 58.3 Å². The zero-order chi connectivity index (χ0) is 13.9. The Morgan fingerprint density at radius 1 is 1.35 bits per heavy atom. The molecule has 0 spiro atoms. The first kappa shape index (κ1) is 17.1. The van der Waals surface area contributed by atoms with E-state index in [2.05, 4.69) is 40.7 Å². The van der Waals surface area contributed by atoms with Gasteiger partial charge < -0.3 is 15.5 Å². The number of nitrogens with two attached hydrogens (primary N) is 1. The molecule has 1 aliphatic heterocycles. The van der Waals surface area contributed by atoms with Gasteiger partial charge in [0.15, 0.2) is 0 Å². The van der Waals surface area contributed by atoms with Crippen molar-refractivity contribution in [2.75, 3.05) is 31.6 Å². The molecule has 6 heteroatoms. The highest BCUT2D eigenvalue weighted by atomic mass is 35.5. The SMILES string of the molecule is CN(CC(C)(C)N)C1CCN(c2cnccn2)CC1.Cl. The van der Waals surface area contributed by atoms with Crippen LogP contribution in [0.1, 0.15) is 26.7 Å². The number of aromatic nitrogens is 2. The average molecular weight is 300 g/mol. The third-order valence-electron chi connectivity index (χ3n) is 3.62. The summed E-state index contributed by atoms with van der Waals surface area (Å²) in [5.74, 6) is 0.989. The summed E-state index contributed by atoms with van der Waals surface area (Å²) in [5.41, 5.74) is 5.96. The van der Waals surface area contributed by atoms with E-state index < -0.39 is 0 Å². The minimum Gasteiger partial charge on any atom is -0.355 e. The first-order valence-electron chi connectivity index (χ1n) is 6.96. The van der Waals surface area contributed by atoms with E-state index in [0.29, 0.717) is 6.04 Å². The molecule has 1 fully saturated rings. The number of halogens is 1. The number of hydrogen-bond acceptors (Lipinski definition) is 5. The summed E-state index contributed by atoms with van der Waals surface area (Å²) in [6.07, 6.45) is 7.62. The summed E-state index contributed by atoms with van der Waals surface area (Å²) in [6.45, 7) is 7.18. The Hall–Kier alpha value is -0.910. The second-order valence-electron chi connectivity index (χ2n) is 6.19. The monoisotopic (exact) mass is 299 g/mol. The molecule has 2 rings (SSSR count). The first-order valence-corrected chi connectivity index (χ1v) is 6.96. The second kappa shape index (κ2) is 7.20. The molecule has 1 saturated heterocycles. The Morgan fingerprint density at radius 3 is 2.50 bits per heavy atom. The molecule has 0 saturated carbocycles. The number of nitrogens with zero attached hydrogens (tertiary/aromatic N) is 4. The average Bonchev–Trinajstić information content (AvgIpc) is 2.38. The second-order valence-corrected chi connectivity index (χ2v) is 6.19. The molecular formula is C14H26ClN5. The molecule has 0 amide bonds. The zero-order valence-electron chi connectivity index (χ0n) is 12.6. The zero-order valence-corrected chi connectivity index (χ0v) is 13.4. The molecule has 1 aromatic rings. The molecule has 114 valence electrons. The molecule has 20 heavy (non-hydrogen) atoms. The lowest BCUT2D eigenvalue weighted by molar-refractivity contribution is 0.176. The van der Waals surface area contributed by atoms with Gasteiger partial charge in [-0.2, -0.15) is 0 Å². The van der Waals surface area contributed by atoms with Gasteiger partial charge in [0.2, 0.25) is 0 Å². The number of hydrogen-bond donors (Lipinski definition) is 1. The molecular weight excluding hydrogens is 274 g/mol. The molecule has 2 N–H and O–H groups in total. The third-order valence-corrected chi connectivity index (χ3v) is 3.62. The lowest BCUT2D eigenvalue weighted by Crippen LogP contribution is -2.50. The highest BCUT2D eigenvalue weighted by Crippen LogP contribution is 2.20. The van der Waals surface area contributed by atoms with Gasteiger partial charge in [-0.1, -0.05) is 0 Å². The van der Waals surface area contributed by atoms with E-state index >= 15 is 0 Å². The molecule has 0 aromatic carbocycles. The Balaban J connectivity index is 0.00000200. The fourth-order valence-corrected chi connectivity index (χ4v) is 2.76. The Kier molecular flexibility index (Phi) is 6.17. The van der Waals surface area contributed by atoms with Crippen molar-refractivity contribution in [2.45, 2.75) is 38.3 Å². The van der Waals surface area contributed by atoms with Crippen LogP contribution in [-0.4, -0.2) is 53.1 Å². The van der Waals surface area contributed by atoms with Gasteiger partial charge in [0.25, 0.3) is 0 Å². The van der Waals surface area contributed by atoms with Crippen molar-refractivity contribution >= 4 is 18.2 Å². The van der Waals surface area contributed by atoms with Crippen LogP contribution in [0.25, 0.3) is 0 Å². The molecule has 0 radical (unpaired) electrons. The molecule has 1 aliphatic rings. The minimum atomic E-state index is -0.128. The highest BCUT2D eigenvalue weighted by Gasteiger charge is 2.25. The fraction of sp³-hybridized carbons (Fsp3) is 0.714. The van der Waals surface area contributed by atoms with Gasteiger partial charge in [-0.05, 0) is 33.7 Å². The summed E-state index contributed by atoms with van der Waals surface area (Å²) < 4.78 is 0. The van der Waals surface area contributed by atoms with Gasteiger partial charge in [-0.3, -0.25) is 4.98 Å². The molecule has 0 bridgehead atoms. The maximum atomic E-state index is 6.09. The van der Waals surface area contributed by atoms with Gasteiger partial charge in [0, 0.05) is 43.6 Å². The van der Waals surface area contributed by atoms with Crippen LogP contribution in [0, 0.1) is 0 Å². The van der Waals surface area contributed by atoms with Gasteiger partial charge in [-0.15, -0.1) is 12.4 Å². The van der Waals surface area contributed by atoms with Crippen molar-refractivity contribution in [3.05, 3.63) is 18.6 Å².